The summed E-state index contributed by atoms with van der Waals surface area (Å²) in [7, 11) is 5.40. The molecule has 0 unspecified atom stereocenters. The summed E-state index contributed by atoms with van der Waals surface area (Å²) in [5.41, 5.74) is 3.97. The first-order chi connectivity index (χ1) is 22.2. The highest BCUT2D eigenvalue weighted by Gasteiger charge is 2.58. The molecule has 246 valence electrons. The van der Waals surface area contributed by atoms with Gasteiger partial charge in [0, 0.05) is 36.0 Å². The maximum Gasteiger partial charge on any atom is 0.252 e. The smallest absolute Gasteiger partial charge is 0.252 e. The molecule has 4 atom stereocenters. The standard InChI is InChI=1S/C34H44N6O6/c1-34(2)45-27-28(32(41)38-22-12-14-39(3)15-13-22)44-33(29(27)46-34)40-18-24(20-8-6-7-9-20)26-30(36-19-37-31(26)40)35-17-21-10-11-23(42-4)16-25(21)43-5/h8,10-11,16,18-19,22,27-29,33H,6-7,9,12-15,17H2,1-5H3,(H,38,41)(H,35,36,37)/t27-,28+,29-,33-/m1/s1. The molecule has 3 aromatic rings. The molecule has 46 heavy (non-hydrogen) atoms. The van der Waals surface area contributed by atoms with E-state index in [9.17, 15) is 4.79 Å². The third-order valence-electron chi connectivity index (χ3n) is 9.56. The van der Waals surface area contributed by atoms with E-state index >= 15 is 0 Å². The summed E-state index contributed by atoms with van der Waals surface area (Å²) in [5, 5.41) is 7.69. The van der Waals surface area contributed by atoms with Crippen molar-refractivity contribution < 1.29 is 28.5 Å². The maximum atomic E-state index is 13.7. The van der Waals surface area contributed by atoms with Gasteiger partial charge in [-0.15, -0.1) is 0 Å². The minimum absolute atomic E-state index is 0.110. The number of methoxy groups -OCH3 is 2. The molecule has 3 saturated heterocycles. The number of allylic oxidation sites excluding steroid dienone is 2. The molecule has 12 heteroatoms. The van der Waals surface area contributed by atoms with Crippen LogP contribution in [0.2, 0.25) is 0 Å². The van der Waals surface area contributed by atoms with Crippen molar-refractivity contribution in [1.29, 1.82) is 0 Å². The Morgan fingerprint density at radius 1 is 1.11 bits per heavy atom. The highest BCUT2D eigenvalue weighted by Crippen LogP contribution is 2.46. The van der Waals surface area contributed by atoms with Gasteiger partial charge in [0.05, 0.1) is 19.6 Å². The largest absolute Gasteiger partial charge is 0.497 e. The van der Waals surface area contributed by atoms with Crippen LogP contribution in [0.3, 0.4) is 0 Å². The van der Waals surface area contributed by atoms with E-state index < -0.39 is 30.3 Å². The van der Waals surface area contributed by atoms with Gasteiger partial charge in [0.2, 0.25) is 0 Å². The van der Waals surface area contributed by atoms with Crippen molar-refractivity contribution in [3.63, 3.8) is 0 Å². The predicted octanol–water partition coefficient (Wildman–Crippen LogP) is 4.26. The number of carbonyl (C=O) groups is 1. The lowest BCUT2D eigenvalue weighted by atomic mass is 10.0. The average Bonchev–Trinajstić information content (AvgIpc) is 3.84. The number of aromatic nitrogens is 3. The summed E-state index contributed by atoms with van der Waals surface area (Å²) in [6.45, 7) is 6.15. The number of nitrogens with one attached hydrogen (secondary N) is 2. The van der Waals surface area contributed by atoms with Gasteiger partial charge in [-0.25, -0.2) is 9.97 Å². The fraction of sp³-hybridized carbons (Fsp3) is 0.559. The van der Waals surface area contributed by atoms with Gasteiger partial charge in [0.15, 0.2) is 18.1 Å². The van der Waals surface area contributed by atoms with Gasteiger partial charge >= 0.3 is 0 Å². The van der Waals surface area contributed by atoms with E-state index in [-0.39, 0.29) is 11.9 Å². The van der Waals surface area contributed by atoms with Gasteiger partial charge in [-0.05, 0) is 83.8 Å². The van der Waals surface area contributed by atoms with Gasteiger partial charge in [-0.3, -0.25) is 4.79 Å². The van der Waals surface area contributed by atoms with Crippen molar-refractivity contribution in [3.05, 3.63) is 47.9 Å². The Kier molecular flexibility index (Phi) is 8.39. The number of piperidine rings is 1. The number of rotatable bonds is 9. The van der Waals surface area contributed by atoms with Gasteiger partial charge < -0.3 is 43.8 Å². The van der Waals surface area contributed by atoms with E-state index in [0.29, 0.717) is 18.0 Å². The Labute approximate surface area is 269 Å². The molecule has 2 N–H and O–H groups in total. The zero-order valence-corrected chi connectivity index (χ0v) is 27.2. The number of amides is 1. The molecule has 2 aromatic heterocycles. The quantitative estimate of drug-likeness (QED) is 0.354. The third-order valence-corrected chi connectivity index (χ3v) is 9.56. The predicted molar refractivity (Wildman–Crippen MR) is 173 cm³/mol. The van der Waals surface area contributed by atoms with Gasteiger partial charge in [0.25, 0.3) is 5.91 Å². The Morgan fingerprint density at radius 3 is 2.65 bits per heavy atom. The van der Waals surface area contributed by atoms with E-state index in [2.05, 4.69) is 34.9 Å². The molecule has 12 nitrogen and oxygen atoms in total. The number of nitrogens with zero attached hydrogens (tertiary/aromatic N) is 4. The molecule has 1 amide bonds. The van der Waals surface area contributed by atoms with Crippen LogP contribution in [0, 0.1) is 0 Å². The summed E-state index contributed by atoms with van der Waals surface area (Å²) in [6.07, 6.45) is 8.34. The van der Waals surface area contributed by atoms with Gasteiger partial charge in [0.1, 0.15) is 41.5 Å². The zero-order chi connectivity index (χ0) is 32.0. The second-order valence-electron chi connectivity index (χ2n) is 13.1. The lowest BCUT2D eigenvalue weighted by Crippen LogP contribution is -2.49. The molecule has 1 aliphatic carbocycles. The number of ether oxygens (including phenoxy) is 5. The van der Waals surface area contributed by atoms with Crippen molar-refractivity contribution in [2.75, 3.05) is 39.7 Å². The first-order valence-corrected chi connectivity index (χ1v) is 16.2. The van der Waals surface area contributed by atoms with Crippen LogP contribution in [-0.4, -0.2) is 89.8 Å². The highest BCUT2D eigenvalue weighted by molar-refractivity contribution is 5.98. The first-order valence-electron chi connectivity index (χ1n) is 16.2. The second kappa shape index (κ2) is 12.5. The highest BCUT2D eigenvalue weighted by atomic mass is 16.8. The van der Waals surface area contributed by atoms with Crippen molar-refractivity contribution in [1.82, 2.24) is 24.8 Å². The van der Waals surface area contributed by atoms with Crippen LogP contribution in [0.15, 0.2) is 36.8 Å². The molecule has 3 aliphatic heterocycles. The molecule has 5 heterocycles. The van der Waals surface area contributed by atoms with Crippen LogP contribution in [0.25, 0.3) is 16.6 Å². The SMILES string of the molecule is COc1ccc(CNc2ncnc3c2c(C2=CCCC2)cn3[C@@H]2O[C@H](C(=O)NC3CCN(C)CC3)[C@H]3OC(C)(C)O[C@H]32)c(OC)c1. The van der Waals surface area contributed by atoms with E-state index in [1.54, 1.807) is 20.5 Å². The van der Waals surface area contributed by atoms with Crippen molar-refractivity contribution in [3.8, 4) is 11.5 Å². The number of carbonyl (C=O) groups excluding carboxylic acids is 1. The van der Waals surface area contributed by atoms with Gasteiger partial charge in [-0.1, -0.05) is 6.08 Å². The van der Waals surface area contributed by atoms with Gasteiger partial charge in [-0.2, -0.15) is 0 Å². The van der Waals surface area contributed by atoms with Crippen LogP contribution in [-0.2, 0) is 25.5 Å². The van der Waals surface area contributed by atoms with Crippen molar-refractivity contribution in [2.24, 2.45) is 0 Å². The number of likely N-dealkylation sites (tertiary alicyclic amines) is 1. The van der Waals surface area contributed by atoms with E-state index in [1.807, 2.05) is 36.6 Å². The molecule has 0 radical (unpaired) electrons. The molecule has 3 fully saturated rings. The molecule has 4 aliphatic rings. The molecular weight excluding hydrogens is 588 g/mol. The summed E-state index contributed by atoms with van der Waals surface area (Å²) >= 11 is 0. The topological polar surface area (TPSA) is 121 Å². The molecule has 1 aromatic carbocycles. The first kappa shape index (κ1) is 30.9. The Bertz CT molecular complexity index is 1630. The van der Waals surface area contributed by atoms with E-state index in [4.69, 9.17) is 33.7 Å². The van der Waals surface area contributed by atoms with Crippen molar-refractivity contribution in [2.45, 2.75) is 88.9 Å². The summed E-state index contributed by atoms with van der Waals surface area (Å²) < 4.78 is 32.4. The molecular formula is C34H44N6O6. The lowest BCUT2D eigenvalue weighted by Gasteiger charge is -2.30. The summed E-state index contributed by atoms with van der Waals surface area (Å²) in [6, 6.07) is 5.88. The molecule has 0 bridgehead atoms. The minimum Gasteiger partial charge on any atom is -0.497 e. The maximum absolute atomic E-state index is 13.7. The van der Waals surface area contributed by atoms with Crippen LogP contribution in [0.1, 0.15) is 63.3 Å². The zero-order valence-electron chi connectivity index (χ0n) is 27.2. The van der Waals surface area contributed by atoms with Crippen molar-refractivity contribution >= 4 is 28.3 Å². The number of fused-ring (bicyclic) bond motifs is 2. The van der Waals surface area contributed by atoms with E-state index in [0.717, 1.165) is 73.2 Å². The second-order valence-corrected chi connectivity index (χ2v) is 13.1. The molecule has 7 rings (SSSR count). The molecule has 0 spiro atoms. The Hall–Kier alpha value is -3.71. The lowest BCUT2D eigenvalue weighted by molar-refractivity contribution is -0.197. The fourth-order valence-corrected chi connectivity index (χ4v) is 7.20. The third kappa shape index (κ3) is 5.83. The number of benzene rings is 1. The summed E-state index contributed by atoms with van der Waals surface area (Å²) in [4.78, 5) is 25.5. The van der Waals surface area contributed by atoms with E-state index in [1.165, 1.54) is 5.57 Å². The monoisotopic (exact) mass is 632 g/mol. The Morgan fingerprint density at radius 2 is 1.91 bits per heavy atom. The Balaban J connectivity index is 1.22. The van der Waals surface area contributed by atoms with Crippen LogP contribution < -0.4 is 20.1 Å². The van der Waals surface area contributed by atoms with Crippen LogP contribution >= 0.6 is 0 Å². The number of hydrogen-bond acceptors (Lipinski definition) is 10. The number of anilines is 1. The number of hydrogen-bond donors (Lipinski definition) is 2. The average molecular weight is 633 g/mol. The summed E-state index contributed by atoms with van der Waals surface area (Å²) in [5.74, 6) is 1.15. The van der Waals surface area contributed by atoms with Crippen LogP contribution in [0.4, 0.5) is 5.82 Å². The van der Waals surface area contributed by atoms with Crippen LogP contribution in [0.5, 0.6) is 11.5 Å². The normalized spacial score (nSPS) is 26.2. The fourth-order valence-electron chi connectivity index (χ4n) is 7.20. The minimum atomic E-state index is -0.859. The molecule has 0 saturated carbocycles.